The summed E-state index contributed by atoms with van der Waals surface area (Å²) in [6.45, 7) is 4.99. The first kappa shape index (κ1) is 17.5. The lowest BCUT2D eigenvalue weighted by atomic mass is 10.0. The van der Waals surface area contributed by atoms with Crippen LogP contribution in [0.5, 0.6) is 0 Å². The molecule has 1 unspecified atom stereocenters. The molecular weight excluding hydrogens is 290 g/mol. The lowest BCUT2D eigenvalue weighted by Crippen LogP contribution is -2.50. The average molecular weight is 312 g/mol. The van der Waals surface area contributed by atoms with Crippen molar-refractivity contribution in [1.29, 1.82) is 0 Å². The second-order valence-electron chi connectivity index (χ2n) is 5.10. The van der Waals surface area contributed by atoms with E-state index in [2.05, 4.69) is 16.0 Å². The second kappa shape index (κ2) is 8.64. The number of nitrogens with one attached hydrogen (secondary N) is 3. The van der Waals surface area contributed by atoms with Crippen LogP contribution in [-0.2, 0) is 4.79 Å². The predicted molar refractivity (Wildman–Crippen MR) is 84.5 cm³/mol. The molecule has 0 saturated heterocycles. The van der Waals surface area contributed by atoms with Crippen LogP contribution in [0.25, 0.3) is 0 Å². The molecule has 0 aliphatic heterocycles. The molecule has 0 aromatic heterocycles. The van der Waals surface area contributed by atoms with Gasteiger partial charge in [0, 0.05) is 23.7 Å². The molecule has 1 rings (SSSR count). The molecule has 1 atom stereocenters. The number of benzene rings is 1. The van der Waals surface area contributed by atoms with Gasteiger partial charge >= 0.3 is 0 Å². The predicted octanol–water partition coefficient (Wildman–Crippen LogP) is 1.43. The fourth-order valence-corrected chi connectivity index (χ4v) is 1.91. The Morgan fingerprint density at radius 1 is 1.14 bits per heavy atom. The molecule has 0 aliphatic rings. The number of carbonyl (C=O) groups excluding carboxylic acids is 2. The number of amides is 2. The topological polar surface area (TPSA) is 70.2 Å². The summed E-state index contributed by atoms with van der Waals surface area (Å²) in [5.41, 5.74) is 0.480. The van der Waals surface area contributed by atoms with Gasteiger partial charge in [0.15, 0.2) is 0 Å². The van der Waals surface area contributed by atoms with Crippen LogP contribution in [0.2, 0.25) is 5.02 Å². The zero-order chi connectivity index (χ0) is 15.8. The van der Waals surface area contributed by atoms with Crippen LogP contribution in [0.3, 0.4) is 0 Å². The van der Waals surface area contributed by atoms with E-state index in [-0.39, 0.29) is 17.7 Å². The first-order chi connectivity index (χ1) is 9.95. The van der Waals surface area contributed by atoms with Crippen LogP contribution in [-0.4, -0.2) is 38.0 Å². The normalized spacial score (nSPS) is 12.0. The van der Waals surface area contributed by atoms with Gasteiger partial charge in [-0.25, -0.2) is 0 Å². The third-order valence-electron chi connectivity index (χ3n) is 3.02. The maximum Gasteiger partial charge on any atom is 0.251 e. The summed E-state index contributed by atoms with van der Waals surface area (Å²) >= 11 is 5.79. The highest BCUT2D eigenvalue weighted by Gasteiger charge is 2.24. The third kappa shape index (κ3) is 5.73. The minimum atomic E-state index is -0.565. The summed E-state index contributed by atoms with van der Waals surface area (Å²) in [5, 5.41) is 9.07. The Kier molecular flexibility index (Phi) is 7.19. The van der Waals surface area contributed by atoms with Gasteiger partial charge in [-0.2, -0.15) is 0 Å². The number of rotatable bonds is 7. The number of carbonyl (C=O) groups is 2. The molecule has 6 heteroatoms. The molecule has 5 nitrogen and oxygen atoms in total. The fraction of sp³-hybridized carbons (Fsp3) is 0.467. The molecular formula is C15H22ClN3O2. The molecule has 1 aromatic rings. The van der Waals surface area contributed by atoms with Crippen molar-refractivity contribution in [2.45, 2.75) is 19.9 Å². The van der Waals surface area contributed by atoms with Gasteiger partial charge in [-0.1, -0.05) is 25.4 Å². The SMILES string of the molecule is CNCCNC(=O)C(NC(=O)c1ccc(Cl)cc1)C(C)C. The standard InChI is InChI=1S/C15H22ClN3O2/c1-10(2)13(15(21)18-9-8-17-3)19-14(20)11-4-6-12(16)7-5-11/h4-7,10,13,17H,8-9H2,1-3H3,(H,18,21)(H,19,20). The van der Waals surface area contributed by atoms with Crippen molar-refractivity contribution in [2.75, 3.05) is 20.1 Å². The second-order valence-corrected chi connectivity index (χ2v) is 5.53. The molecule has 0 fully saturated rings. The Labute approximate surface area is 130 Å². The summed E-state index contributed by atoms with van der Waals surface area (Å²) in [4.78, 5) is 24.3. The van der Waals surface area contributed by atoms with Crippen LogP contribution < -0.4 is 16.0 Å². The highest BCUT2D eigenvalue weighted by atomic mass is 35.5. The molecule has 1 aromatic carbocycles. The highest BCUT2D eigenvalue weighted by Crippen LogP contribution is 2.10. The van der Waals surface area contributed by atoms with E-state index in [1.807, 2.05) is 20.9 Å². The fourth-order valence-electron chi connectivity index (χ4n) is 1.78. The number of halogens is 1. The summed E-state index contributed by atoms with van der Waals surface area (Å²) in [6, 6.07) is 5.99. The Morgan fingerprint density at radius 2 is 1.76 bits per heavy atom. The maximum absolute atomic E-state index is 12.2. The van der Waals surface area contributed by atoms with Crippen LogP contribution in [0.15, 0.2) is 24.3 Å². The molecule has 116 valence electrons. The molecule has 0 spiro atoms. The van der Waals surface area contributed by atoms with Crippen molar-refractivity contribution < 1.29 is 9.59 Å². The lowest BCUT2D eigenvalue weighted by molar-refractivity contribution is -0.123. The summed E-state index contributed by atoms with van der Waals surface area (Å²) in [7, 11) is 1.81. The zero-order valence-corrected chi connectivity index (χ0v) is 13.3. The van der Waals surface area contributed by atoms with E-state index < -0.39 is 6.04 Å². The Bertz CT molecular complexity index is 474. The summed E-state index contributed by atoms with van der Waals surface area (Å²) in [5.74, 6) is -0.465. The number of hydrogen-bond donors (Lipinski definition) is 3. The van der Waals surface area contributed by atoms with Crippen molar-refractivity contribution >= 4 is 23.4 Å². The van der Waals surface area contributed by atoms with Gasteiger partial charge in [0.25, 0.3) is 5.91 Å². The van der Waals surface area contributed by atoms with Gasteiger partial charge in [0.2, 0.25) is 5.91 Å². The van der Waals surface area contributed by atoms with Gasteiger partial charge in [-0.05, 0) is 37.2 Å². The first-order valence-electron chi connectivity index (χ1n) is 6.94. The number of hydrogen-bond acceptors (Lipinski definition) is 3. The van der Waals surface area contributed by atoms with E-state index in [1.165, 1.54) is 0 Å². The molecule has 0 heterocycles. The van der Waals surface area contributed by atoms with Gasteiger partial charge in [-0.3, -0.25) is 9.59 Å². The van der Waals surface area contributed by atoms with Crippen LogP contribution >= 0.6 is 11.6 Å². The molecule has 0 bridgehead atoms. The molecule has 0 radical (unpaired) electrons. The van der Waals surface area contributed by atoms with Crippen molar-refractivity contribution in [1.82, 2.24) is 16.0 Å². The van der Waals surface area contributed by atoms with Crippen molar-refractivity contribution in [2.24, 2.45) is 5.92 Å². The van der Waals surface area contributed by atoms with E-state index >= 15 is 0 Å². The summed E-state index contributed by atoms with van der Waals surface area (Å²) < 4.78 is 0. The van der Waals surface area contributed by atoms with Gasteiger partial charge < -0.3 is 16.0 Å². The third-order valence-corrected chi connectivity index (χ3v) is 3.27. The molecule has 0 saturated carbocycles. The zero-order valence-electron chi connectivity index (χ0n) is 12.6. The van der Waals surface area contributed by atoms with E-state index in [4.69, 9.17) is 11.6 Å². The largest absolute Gasteiger partial charge is 0.353 e. The lowest BCUT2D eigenvalue weighted by Gasteiger charge is -2.21. The Balaban J connectivity index is 2.67. The highest BCUT2D eigenvalue weighted by molar-refractivity contribution is 6.30. The monoisotopic (exact) mass is 311 g/mol. The van der Waals surface area contributed by atoms with Crippen molar-refractivity contribution in [3.63, 3.8) is 0 Å². The Hall–Kier alpha value is -1.59. The molecule has 3 N–H and O–H groups in total. The van der Waals surface area contributed by atoms with Gasteiger partial charge in [0.1, 0.15) is 6.04 Å². The summed E-state index contributed by atoms with van der Waals surface area (Å²) in [6.07, 6.45) is 0. The van der Waals surface area contributed by atoms with E-state index in [9.17, 15) is 9.59 Å². The minimum absolute atomic E-state index is 0.00386. The van der Waals surface area contributed by atoms with E-state index in [0.29, 0.717) is 23.7 Å². The van der Waals surface area contributed by atoms with Crippen LogP contribution in [0.1, 0.15) is 24.2 Å². The molecule has 21 heavy (non-hydrogen) atoms. The quantitative estimate of drug-likeness (QED) is 0.667. The van der Waals surface area contributed by atoms with Crippen molar-refractivity contribution in [3.05, 3.63) is 34.9 Å². The number of likely N-dealkylation sites (N-methyl/N-ethyl adjacent to an activating group) is 1. The van der Waals surface area contributed by atoms with E-state index in [0.717, 1.165) is 0 Å². The van der Waals surface area contributed by atoms with Gasteiger partial charge in [-0.15, -0.1) is 0 Å². The first-order valence-corrected chi connectivity index (χ1v) is 7.32. The minimum Gasteiger partial charge on any atom is -0.353 e. The van der Waals surface area contributed by atoms with Crippen LogP contribution in [0.4, 0.5) is 0 Å². The average Bonchev–Trinajstić information content (AvgIpc) is 2.45. The Morgan fingerprint density at radius 3 is 2.29 bits per heavy atom. The smallest absolute Gasteiger partial charge is 0.251 e. The van der Waals surface area contributed by atoms with Crippen LogP contribution in [0, 0.1) is 5.92 Å². The van der Waals surface area contributed by atoms with Gasteiger partial charge in [0.05, 0.1) is 0 Å². The molecule has 0 aliphatic carbocycles. The van der Waals surface area contributed by atoms with Crippen molar-refractivity contribution in [3.8, 4) is 0 Å². The molecule has 2 amide bonds. The van der Waals surface area contributed by atoms with E-state index in [1.54, 1.807) is 24.3 Å². The maximum atomic E-state index is 12.2.